The van der Waals surface area contributed by atoms with Crippen LogP contribution in [0.1, 0.15) is 300 Å². The summed E-state index contributed by atoms with van der Waals surface area (Å²) in [5.41, 5.74) is 0. The Hall–Kier alpha value is 0.218. The van der Waals surface area contributed by atoms with Gasteiger partial charge in [0.1, 0.15) is 0 Å². The van der Waals surface area contributed by atoms with E-state index in [1.165, 1.54) is 224 Å². The van der Waals surface area contributed by atoms with Crippen molar-refractivity contribution in [3.05, 3.63) is 0 Å². The van der Waals surface area contributed by atoms with E-state index in [0.29, 0.717) is 0 Å². The molecule has 0 aromatic carbocycles. The average molecular weight is 986 g/mol. The Morgan fingerprint density at radius 3 is 0.692 bits per heavy atom. The smallest absolute Gasteiger partial charge is 0.392 e. The average Bonchev–Trinajstić information content (AvgIpc) is 3.29. The van der Waals surface area contributed by atoms with Crippen LogP contribution in [-0.4, -0.2) is 40.0 Å². The molecule has 65 heavy (non-hydrogen) atoms. The third kappa shape index (κ3) is 33.4. The lowest BCUT2D eigenvalue weighted by Crippen LogP contribution is -2.63. The molecular weight excluding hydrogens is 865 g/mol. The third-order valence-electron chi connectivity index (χ3n) is 14.4. The first kappa shape index (κ1) is 65.2. The minimum Gasteiger partial charge on any atom is -0.495 e. The van der Waals surface area contributed by atoms with Gasteiger partial charge in [0.05, 0.1) is 0 Å². The lowest BCUT2D eigenvalue weighted by molar-refractivity contribution is -0.133. The SMILES string of the molecule is CCCCCC[Si](CCCCCC)(CCCCCC)O[Si](CCCCCC)(CCCCCC)O[Si](CCCCCC)(CCCCCC)O[Si](CCCCCC)(CCCCCC)OC(C)=O. The Morgan fingerprint density at radius 2 is 0.462 bits per heavy atom. The maximum absolute atomic E-state index is 13.5. The molecule has 0 saturated heterocycles. The topological polar surface area (TPSA) is 54.0 Å². The molecule has 0 saturated carbocycles. The molecule has 0 rings (SSSR count). The maximum Gasteiger partial charge on any atom is 0.392 e. The molecule has 390 valence electrons. The summed E-state index contributed by atoms with van der Waals surface area (Å²) in [7, 11) is -11.1. The van der Waals surface area contributed by atoms with Gasteiger partial charge in [-0.15, -0.1) is 0 Å². The monoisotopic (exact) mass is 985 g/mol. The highest BCUT2D eigenvalue weighted by molar-refractivity contribution is 6.91. The molecule has 0 amide bonds. The number of hydrogen-bond acceptors (Lipinski definition) is 5. The van der Waals surface area contributed by atoms with E-state index in [4.69, 9.17) is 16.8 Å². The van der Waals surface area contributed by atoms with Crippen LogP contribution in [0.2, 0.25) is 54.4 Å². The van der Waals surface area contributed by atoms with E-state index in [9.17, 15) is 4.79 Å². The molecule has 0 atom stereocenters. The summed E-state index contributed by atoms with van der Waals surface area (Å²) >= 11 is 0. The van der Waals surface area contributed by atoms with Crippen LogP contribution in [-0.2, 0) is 21.6 Å². The largest absolute Gasteiger partial charge is 0.495 e. The van der Waals surface area contributed by atoms with Crippen LogP contribution in [0.15, 0.2) is 0 Å². The number of rotatable bonds is 52. The number of carbonyl (C=O) groups excluding carboxylic acids is 1. The lowest BCUT2D eigenvalue weighted by atomic mass is 10.2. The summed E-state index contributed by atoms with van der Waals surface area (Å²) in [6, 6.07) is 10.1. The zero-order valence-electron chi connectivity index (χ0n) is 46.4. The normalized spacial score (nSPS) is 12.7. The molecule has 0 fully saturated rings. The van der Waals surface area contributed by atoms with Gasteiger partial charge in [0.15, 0.2) is 8.32 Å². The molecule has 9 heteroatoms. The molecule has 0 aliphatic rings. The Morgan fingerprint density at radius 1 is 0.262 bits per heavy atom. The molecule has 0 spiro atoms. The van der Waals surface area contributed by atoms with E-state index in [2.05, 4.69) is 62.3 Å². The second-order valence-electron chi connectivity index (χ2n) is 21.1. The summed E-state index contributed by atoms with van der Waals surface area (Å²) in [6.45, 7) is 22.8. The Balaban J connectivity index is 8.33. The minimum absolute atomic E-state index is 0.126. The standard InChI is InChI=1S/C56H120O5Si4/c1-11-20-29-38-47-62(48-39-30-21-12-2,49-40-31-22-13-3)59-64(52-43-34-25-16-6,53-44-35-26-17-7)61-65(54-45-36-27-18-8,55-46-37-28-19-9)60-63(58-56(10)57,50-41-32-23-14-4)51-42-33-24-15-5/h11-55H2,1-10H3. The van der Waals surface area contributed by atoms with Crippen molar-refractivity contribution in [2.24, 2.45) is 0 Å². The Bertz CT molecular complexity index is 963. The zero-order valence-corrected chi connectivity index (χ0v) is 50.4. The molecular formula is C56H120O5Si4. The van der Waals surface area contributed by atoms with Gasteiger partial charge in [0.2, 0.25) is 0 Å². The van der Waals surface area contributed by atoms with Gasteiger partial charge in [-0.1, -0.05) is 293 Å². The van der Waals surface area contributed by atoms with E-state index >= 15 is 0 Å². The van der Waals surface area contributed by atoms with Crippen LogP contribution >= 0.6 is 0 Å². The van der Waals surface area contributed by atoms with Crippen molar-refractivity contribution in [2.75, 3.05) is 0 Å². The summed E-state index contributed by atoms with van der Waals surface area (Å²) in [6.07, 6.45) is 45.1. The van der Waals surface area contributed by atoms with Gasteiger partial charge < -0.3 is 16.8 Å². The Labute approximate surface area is 414 Å². The van der Waals surface area contributed by atoms with Gasteiger partial charge in [-0.2, -0.15) is 0 Å². The molecule has 0 heterocycles. The van der Waals surface area contributed by atoms with Crippen molar-refractivity contribution in [1.82, 2.24) is 0 Å². The molecule has 0 unspecified atom stereocenters. The minimum atomic E-state index is -3.00. The number of hydrogen-bond donors (Lipinski definition) is 0. The van der Waals surface area contributed by atoms with Crippen molar-refractivity contribution >= 4 is 40.0 Å². The highest BCUT2D eigenvalue weighted by Crippen LogP contribution is 2.43. The van der Waals surface area contributed by atoms with Crippen molar-refractivity contribution in [2.45, 2.75) is 355 Å². The fraction of sp³-hybridized carbons (Fsp3) is 0.982. The van der Waals surface area contributed by atoms with E-state index in [1.807, 2.05) is 0 Å². The highest BCUT2D eigenvalue weighted by atomic mass is 28.5. The number of carbonyl (C=O) groups is 1. The molecule has 0 bridgehead atoms. The van der Waals surface area contributed by atoms with Crippen LogP contribution < -0.4 is 0 Å². The fourth-order valence-corrected chi connectivity index (χ4v) is 35.2. The molecule has 0 radical (unpaired) electrons. The summed E-state index contributed by atoms with van der Waals surface area (Å²) < 4.78 is 32.6. The van der Waals surface area contributed by atoms with Gasteiger partial charge in [0.25, 0.3) is 5.97 Å². The van der Waals surface area contributed by atoms with Crippen molar-refractivity contribution < 1.29 is 21.6 Å². The van der Waals surface area contributed by atoms with Gasteiger partial charge in [-0.3, -0.25) is 4.79 Å². The fourth-order valence-electron chi connectivity index (χ4n) is 10.5. The van der Waals surface area contributed by atoms with Crippen LogP contribution in [0.25, 0.3) is 0 Å². The zero-order chi connectivity index (χ0) is 48.2. The van der Waals surface area contributed by atoms with Crippen LogP contribution in [0.4, 0.5) is 0 Å². The molecule has 0 aromatic heterocycles. The maximum atomic E-state index is 13.5. The van der Waals surface area contributed by atoms with Crippen LogP contribution in [0, 0.1) is 0 Å². The predicted molar refractivity (Wildman–Crippen MR) is 299 cm³/mol. The first-order valence-electron chi connectivity index (χ1n) is 29.9. The molecule has 0 aromatic rings. The van der Waals surface area contributed by atoms with E-state index in [0.717, 1.165) is 61.9 Å². The quantitative estimate of drug-likeness (QED) is 0.0449. The first-order chi connectivity index (χ1) is 31.6. The summed E-state index contributed by atoms with van der Waals surface area (Å²) in [5, 5.41) is 0. The predicted octanol–water partition coefficient (Wildman–Crippen LogP) is 21.1. The van der Waals surface area contributed by atoms with Crippen molar-refractivity contribution in [3.63, 3.8) is 0 Å². The van der Waals surface area contributed by atoms with Gasteiger partial charge in [-0.25, -0.2) is 0 Å². The third-order valence-corrected chi connectivity index (χ3v) is 34.7. The van der Waals surface area contributed by atoms with Gasteiger partial charge in [0, 0.05) is 19.0 Å². The second kappa shape index (κ2) is 44.2. The Kier molecular flexibility index (Phi) is 44.3. The molecule has 0 aliphatic heterocycles. The van der Waals surface area contributed by atoms with E-state index in [1.54, 1.807) is 6.92 Å². The van der Waals surface area contributed by atoms with Crippen molar-refractivity contribution in [1.29, 1.82) is 0 Å². The molecule has 0 aliphatic carbocycles. The highest BCUT2D eigenvalue weighted by Gasteiger charge is 2.56. The summed E-state index contributed by atoms with van der Waals surface area (Å²) in [4.78, 5) is 13.5. The van der Waals surface area contributed by atoms with E-state index < -0.39 is 34.0 Å². The molecule has 0 N–H and O–H groups in total. The van der Waals surface area contributed by atoms with Gasteiger partial charge >= 0.3 is 25.7 Å². The van der Waals surface area contributed by atoms with Gasteiger partial charge in [-0.05, 0) is 42.3 Å². The van der Waals surface area contributed by atoms with Crippen LogP contribution in [0.3, 0.4) is 0 Å². The first-order valence-corrected chi connectivity index (χ1v) is 39.1. The molecule has 5 nitrogen and oxygen atoms in total. The van der Waals surface area contributed by atoms with E-state index in [-0.39, 0.29) is 5.97 Å². The van der Waals surface area contributed by atoms with Crippen molar-refractivity contribution in [3.8, 4) is 0 Å². The number of unbranched alkanes of at least 4 members (excludes halogenated alkanes) is 27. The second-order valence-corrected chi connectivity index (χ2v) is 36.1. The lowest BCUT2D eigenvalue weighted by Gasteiger charge is -2.49. The summed E-state index contributed by atoms with van der Waals surface area (Å²) in [5.74, 6) is -0.126. The van der Waals surface area contributed by atoms with Crippen LogP contribution in [0.5, 0.6) is 0 Å².